The second kappa shape index (κ2) is 13.2. The lowest BCUT2D eigenvalue weighted by atomic mass is 9.96. The van der Waals surface area contributed by atoms with Crippen molar-refractivity contribution in [2.45, 2.75) is 45.3 Å². The summed E-state index contributed by atoms with van der Waals surface area (Å²) in [5.41, 5.74) is 1.15. The number of nitrogens with zero attached hydrogens (tertiary/aromatic N) is 2. The number of guanidine groups is 1. The van der Waals surface area contributed by atoms with Gasteiger partial charge in [0.15, 0.2) is 5.96 Å². The van der Waals surface area contributed by atoms with E-state index in [0.717, 1.165) is 69.6 Å². The van der Waals surface area contributed by atoms with Gasteiger partial charge in [0.25, 0.3) is 0 Å². The molecular weight excluding hydrogens is 467 g/mol. The molecule has 6 nitrogen and oxygen atoms in total. The Kier molecular flexibility index (Phi) is 11.0. The van der Waals surface area contributed by atoms with E-state index in [9.17, 15) is 0 Å². The minimum atomic E-state index is 0. The van der Waals surface area contributed by atoms with Crippen molar-refractivity contribution < 1.29 is 9.47 Å². The van der Waals surface area contributed by atoms with Gasteiger partial charge in [-0.1, -0.05) is 18.2 Å². The number of rotatable bonds is 9. The molecule has 0 unspecified atom stereocenters. The second-order valence-electron chi connectivity index (χ2n) is 7.21. The van der Waals surface area contributed by atoms with Gasteiger partial charge in [-0.25, -0.2) is 4.99 Å². The number of aliphatic imine (C=N–C) groups is 1. The third-order valence-electron chi connectivity index (χ3n) is 5.12. The van der Waals surface area contributed by atoms with Gasteiger partial charge >= 0.3 is 0 Å². The number of nitrogens with one attached hydrogen (secondary N) is 2. The van der Waals surface area contributed by atoms with E-state index in [2.05, 4.69) is 40.7 Å². The maximum Gasteiger partial charge on any atom is 0.191 e. The minimum Gasteiger partial charge on any atom is -0.490 e. The molecule has 28 heavy (non-hydrogen) atoms. The molecule has 0 radical (unpaired) electrons. The van der Waals surface area contributed by atoms with Crippen LogP contribution in [0.15, 0.2) is 29.3 Å². The van der Waals surface area contributed by atoms with Crippen molar-refractivity contribution in [1.29, 1.82) is 0 Å². The Bertz CT molecular complexity index is 590. The zero-order chi connectivity index (χ0) is 18.7. The minimum absolute atomic E-state index is 0. The van der Waals surface area contributed by atoms with Gasteiger partial charge in [0, 0.05) is 31.7 Å². The van der Waals surface area contributed by atoms with Crippen molar-refractivity contribution in [2.24, 2.45) is 4.99 Å². The summed E-state index contributed by atoms with van der Waals surface area (Å²) < 4.78 is 11.5. The van der Waals surface area contributed by atoms with Crippen LogP contribution in [0.4, 0.5) is 0 Å². The third kappa shape index (κ3) is 7.75. The fourth-order valence-electron chi connectivity index (χ4n) is 3.26. The topological polar surface area (TPSA) is 58.1 Å². The first-order chi connectivity index (χ1) is 13.3. The van der Waals surface area contributed by atoms with Crippen LogP contribution in [0.25, 0.3) is 0 Å². The molecule has 158 valence electrons. The van der Waals surface area contributed by atoms with Gasteiger partial charge in [-0.05, 0) is 45.2 Å². The fourth-order valence-corrected chi connectivity index (χ4v) is 3.26. The van der Waals surface area contributed by atoms with Gasteiger partial charge in [-0.15, -0.1) is 24.0 Å². The Morgan fingerprint density at radius 1 is 1.21 bits per heavy atom. The molecule has 1 heterocycles. The normalized spacial score (nSPS) is 18.1. The molecule has 1 saturated heterocycles. The van der Waals surface area contributed by atoms with E-state index in [1.54, 1.807) is 0 Å². The van der Waals surface area contributed by atoms with Crippen molar-refractivity contribution in [1.82, 2.24) is 15.5 Å². The van der Waals surface area contributed by atoms with Crippen LogP contribution in [-0.4, -0.2) is 62.9 Å². The van der Waals surface area contributed by atoms with Crippen LogP contribution < -0.4 is 15.4 Å². The number of hydrogen-bond acceptors (Lipinski definition) is 4. The van der Waals surface area contributed by atoms with Gasteiger partial charge < -0.3 is 20.1 Å². The van der Waals surface area contributed by atoms with Crippen molar-refractivity contribution >= 4 is 29.9 Å². The molecule has 1 saturated carbocycles. The summed E-state index contributed by atoms with van der Waals surface area (Å²) in [6.45, 7) is 9.42. The van der Waals surface area contributed by atoms with Gasteiger partial charge in [-0.3, -0.25) is 4.90 Å². The van der Waals surface area contributed by atoms with Gasteiger partial charge in [0.1, 0.15) is 5.75 Å². The number of halogens is 1. The maximum atomic E-state index is 6.11. The molecule has 1 aliphatic carbocycles. The van der Waals surface area contributed by atoms with Crippen LogP contribution in [0.3, 0.4) is 0 Å². The van der Waals surface area contributed by atoms with Crippen molar-refractivity contribution in [2.75, 3.05) is 45.9 Å². The smallest absolute Gasteiger partial charge is 0.191 e. The van der Waals surface area contributed by atoms with E-state index in [0.29, 0.717) is 12.6 Å². The highest BCUT2D eigenvalue weighted by atomic mass is 127. The lowest BCUT2D eigenvalue weighted by molar-refractivity contribution is 0.0376. The fraction of sp³-hybridized carbons (Fsp3) is 0.667. The summed E-state index contributed by atoms with van der Waals surface area (Å²) in [5.74, 6) is 1.85. The molecule has 1 aromatic carbocycles. The number of morpholine rings is 1. The SMILES string of the molecule is CCNC(=NCc1ccccc1OC1CCC1)NCCCN1CCOCC1.I. The molecule has 0 aromatic heterocycles. The van der Waals surface area contributed by atoms with Crippen LogP contribution in [0.2, 0.25) is 0 Å². The van der Waals surface area contributed by atoms with E-state index >= 15 is 0 Å². The molecule has 0 bridgehead atoms. The lowest BCUT2D eigenvalue weighted by Crippen LogP contribution is -2.40. The molecule has 0 amide bonds. The summed E-state index contributed by atoms with van der Waals surface area (Å²) in [6.07, 6.45) is 5.12. The molecule has 2 fully saturated rings. The summed E-state index contributed by atoms with van der Waals surface area (Å²) >= 11 is 0. The van der Waals surface area contributed by atoms with Gasteiger partial charge in [-0.2, -0.15) is 0 Å². The average molecular weight is 502 g/mol. The molecule has 0 atom stereocenters. The first-order valence-corrected chi connectivity index (χ1v) is 10.4. The van der Waals surface area contributed by atoms with Crippen LogP contribution >= 0.6 is 24.0 Å². The molecule has 3 rings (SSSR count). The predicted octanol–water partition coefficient (Wildman–Crippen LogP) is 3.01. The molecule has 1 aromatic rings. The zero-order valence-electron chi connectivity index (χ0n) is 17.0. The Balaban J connectivity index is 0.00000280. The van der Waals surface area contributed by atoms with Gasteiger partial charge in [0.2, 0.25) is 0 Å². The Hall–Kier alpha value is -1.06. The molecule has 2 aliphatic rings. The van der Waals surface area contributed by atoms with E-state index in [1.807, 2.05) is 6.07 Å². The van der Waals surface area contributed by atoms with Crippen molar-refractivity contribution in [3.63, 3.8) is 0 Å². The van der Waals surface area contributed by atoms with E-state index < -0.39 is 0 Å². The Morgan fingerprint density at radius 3 is 2.71 bits per heavy atom. The zero-order valence-corrected chi connectivity index (χ0v) is 19.3. The molecular formula is C21H35IN4O2. The lowest BCUT2D eigenvalue weighted by Gasteiger charge is -2.27. The highest BCUT2D eigenvalue weighted by Gasteiger charge is 2.20. The molecule has 2 N–H and O–H groups in total. The van der Waals surface area contributed by atoms with Crippen LogP contribution in [0.5, 0.6) is 5.75 Å². The summed E-state index contributed by atoms with van der Waals surface area (Å²) in [5, 5.41) is 6.79. The first kappa shape index (κ1) is 23.2. The highest BCUT2D eigenvalue weighted by Crippen LogP contribution is 2.27. The largest absolute Gasteiger partial charge is 0.490 e. The molecule has 0 spiro atoms. The van der Waals surface area contributed by atoms with Gasteiger partial charge in [0.05, 0.1) is 25.9 Å². The van der Waals surface area contributed by atoms with E-state index in [-0.39, 0.29) is 24.0 Å². The number of para-hydroxylation sites is 1. The predicted molar refractivity (Wildman–Crippen MR) is 125 cm³/mol. The van der Waals surface area contributed by atoms with Crippen LogP contribution in [0.1, 0.15) is 38.2 Å². The average Bonchev–Trinajstić information content (AvgIpc) is 2.67. The monoisotopic (exact) mass is 502 g/mol. The Morgan fingerprint density at radius 2 is 2.00 bits per heavy atom. The van der Waals surface area contributed by atoms with Crippen LogP contribution in [-0.2, 0) is 11.3 Å². The quantitative estimate of drug-likeness (QED) is 0.235. The third-order valence-corrected chi connectivity index (χ3v) is 5.12. The number of ether oxygens (including phenoxy) is 2. The number of benzene rings is 1. The second-order valence-corrected chi connectivity index (χ2v) is 7.21. The molecule has 7 heteroatoms. The van der Waals surface area contributed by atoms with Crippen LogP contribution in [0, 0.1) is 0 Å². The standard InChI is InChI=1S/C21H34N4O2.HI/c1-2-22-21(23-11-6-12-25-13-15-26-16-14-25)24-17-18-7-3-4-10-20(18)27-19-8-5-9-19;/h3-4,7,10,19H,2,5-6,8-9,11-17H2,1H3,(H2,22,23,24);1H. The Labute approximate surface area is 186 Å². The van der Waals surface area contributed by atoms with Crippen molar-refractivity contribution in [3.05, 3.63) is 29.8 Å². The highest BCUT2D eigenvalue weighted by molar-refractivity contribution is 14.0. The van der Waals surface area contributed by atoms with Crippen molar-refractivity contribution in [3.8, 4) is 5.75 Å². The number of hydrogen-bond donors (Lipinski definition) is 2. The first-order valence-electron chi connectivity index (χ1n) is 10.4. The molecule has 1 aliphatic heterocycles. The van der Waals surface area contributed by atoms with E-state index in [4.69, 9.17) is 14.5 Å². The summed E-state index contributed by atoms with van der Waals surface area (Å²) in [6, 6.07) is 8.27. The summed E-state index contributed by atoms with van der Waals surface area (Å²) in [4.78, 5) is 7.22. The van der Waals surface area contributed by atoms with E-state index in [1.165, 1.54) is 19.3 Å². The summed E-state index contributed by atoms with van der Waals surface area (Å²) in [7, 11) is 0. The maximum absolute atomic E-state index is 6.11.